The van der Waals surface area contributed by atoms with E-state index < -0.39 is 15.5 Å². The minimum Gasteiger partial charge on any atom is -0.488 e. The molecule has 0 saturated carbocycles. The summed E-state index contributed by atoms with van der Waals surface area (Å²) in [5.74, 6) is 0.587. The molecule has 0 aromatic heterocycles. The molecule has 0 atom stereocenters. The molecule has 0 bridgehead atoms. The normalized spacial score (nSPS) is 10.7. The molecule has 0 unspecified atom stereocenters. The third kappa shape index (κ3) is 5.39. The van der Waals surface area contributed by atoms with Crippen molar-refractivity contribution in [3.05, 3.63) is 103 Å². The second-order valence-electron chi connectivity index (χ2n) is 6.04. The van der Waals surface area contributed by atoms with E-state index in [0.29, 0.717) is 17.9 Å². The van der Waals surface area contributed by atoms with Gasteiger partial charge in [0.25, 0.3) is 5.69 Å². The van der Waals surface area contributed by atoms with Gasteiger partial charge in [-0.3, -0.25) is 25.7 Å². The van der Waals surface area contributed by atoms with Crippen LogP contribution in [0, 0.1) is 20.2 Å². The van der Waals surface area contributed by atoms with Crippen LogP contribution in [-0.2, 0) is 6.61 Å². The highest BCUT2D eigenvalue weighted by molar-refractivity contribution is 9.10. The van der Waals surface area contributed by atoms with E-state index in [1.165, 1.54) is 18.3 Å². The molecule has 1 N–H and O–H groups in total. The van der Waals surface area contributed by atoms with Crippen molar-refractivity contribution in [3.8, 4) is 5.75 Å². The van der Waals surface area contributed by atoms with Crippen LogP contribution in [0.25, 0.3) is 0 Å². The van der Waals surface area contributed by atoms with Crippen molar-refractivity contribution < 1.29 is 14.6 Å². The van der Waals surface area contributed by atoms with Gasteiger partial charge in [0.2, 0.25) is 0 Å². The smallest absolute Gasteiger partial charge is 0.301 e. The topological polar surface area (TPSA) is 120 Å². The number of anilines is 1. The van der Waals surface area contributed by atoms with Crippen molar-refractivity contribution in [3.63, 3.8) is 0 Å². The summed E-state index contributed by atoms with van der Waals surface area (Å²) in [5.41, 5.74) is 3.43. The monoisotopic (exact) mass is 470 g/mol. The number of benzene rings is 3. The Kier molecular flexibility index (Phi) is 6.71. The highest BCUT2D eigenvalue weighted by Gasteiger charge is 2.19. The fourth-order valence-corrected chi connectivity index (χ4v) is 2.78. The SMILES string of the molecule is O=[N+]([O-])c1ccc(N/N=C/c2ccccc2OCc2ccc(Br)cc2)c([N+](=O)[O-])c1. The van der Waals surface area contributed by atoms with Gasteiger partial charge in [0.15, 0.2) is 0 Å². The summed E-state index contributed by atoms with van der Waals surface area (Å²) < 4.78 is 6.83. The average molecular weight is 471 g/mol. The number of para-hydroxylation sites is 1. The standard InChI is InChI=1S/C20H15BrN4O5/c21-16-7-5-14(6-8-16)13-30-20-4-2-1-3-15(20)12-22-23-18-10-9-17(24(26)27)11-19(18)25(28)29/h1-12,23H,13H2/b22-12+. The summed E-state index contributed by atoms with van der Waals surface area (Å²) in [4.78, 5) is 20.6. The van der Waals surface area contributed by atoms with Crippen molar-refractivity contribution in [1.29, 1.82) is 0 Å². The Labute approximate surface area is 179 Å². The zero-order valence-corrected chi connectivity index (χ0v) is 17.0. The van der Waals surface area contributed by atoms with Crippen LogP contribution in [0.15, 0.2) is 76.3 Å². The number of non-ortho nitro benzene ring substituents is 1. The Balaban J connectivity index is 1.73. The zero-order chi connectivity index (χ0) is 21.5. The quantitative estimate of drug-likeness (QED) is 0.271. The molecular formula is C20H15BrN4O5. The lowest BCUT2D eigenvalue weighted by atomic mass is 10.2. The van der Waals surface area contributed by atoms with Gasteiger partial charge in [-0.25, -0.2) is 0 Å². The summed E-state index contributed by atoms with van der Waals surface area (Å²) in [6, 6.07) is 18.2. The summed E-state index contributed by atoms with van der Waals surface area (Å²) in [5, 5.41) is 26.0. The van der Waals surface area contributed by atoms with Crippen LogP contribution in [0.4, 0.5) is 17.1 Å². The number of hydrazone groups is 1. The Bertz CT molecular complexity index is 1100. The van der Waals surface area contributed by atoms with Gasteiger partial charge in [-0.05, 0) is 35.9 Å². The molecule has 0 aliphatic rings. The van der Waals surface area contributed by atoms with E-state index in [2.05, 4.69) is 26.5 Å². The van der Waals surface area contributed by atoms with E-state index in [1.807, 2.05) is 36.4 Å². The molecule has 152 valence electrons. The number of ether oxygens (including phenoxy) is 1. The van der Waals surface area contributed by atoms with E-state index in [1.54, 1.807) is 12.1 Å². The van der Waals surface area contributed by atoms with Crippen LogP contribution >= 0.6 is 15.9 Å². The van der Waals surface area contributed by atoms with E-state index in [0.717, 1.165) is 16.1 Å². The van der Waals surface area contributed by atoms with E-state index in [-0.39, 0.29) is 11.4 Å². The highest BCUT2D eigenvalue weighted by Crippen LogP contribution is 2.29. The number of nitrogens with zero attached hydrogens (tertiary/aromatic N) is 3. The van der Waals surface area contributed by atoms with Crippen LogP contribution in [0.2, 0.25) is 0 Å². The van der Waals surface area contributed by atoms with Gasteiger partial charge in [-0.2, -0.15) is 5.10 Å². The fraction of sp³-hybridized carbons (Fsp3) is 0.0500. The lowest BCUT2D eigenvalue weighted by Gasteiger charge is -2.09. The maximum Gasteiger partial charge on any atom is 0.301 e. The van der Waals surface area contributed by atoms with E-state index in [9.17, 15) is 20.2 Å². The van der Waals surface area contributed by atoms with Crippen molar-refractivity contribution >= 4 is 39.2 Å². The number of halogens is 1. The van der Waals surface area contributed by atoms with Crippen molar-refractivity contribution in [1.82, 2.24) is 0 Å². The first-order valence-electron chi connectivity index (χ1n) is 8.62. The molecule has 3 aromatic carbocycles. The maximum atomic E-state index is 11.2. The number of hydrogen-bond donors (Lipinski definition) is 1. The molecule has 3 aromatic rings. The maximum absolute atomic E-state index is 11.2. The van der Waals surface area contributed by atoms with E-state index in [4.69, 9.17) is 4.74 Å². The van der Waals surface area contributed by atoms with Gasteiger partial charge in [0.1, 0.15) is 18.0 Å². The number of nitro benzene ring substituents is 2. The van der Waals surface area contributed by atoms with E-state index >= 15 is 0 Å². The second kappa shape index (κ2) is 9.61. The molecule has 30 heavy (non-hydrogen) atoms. The van der Waals surface area contributed by atoms with Crippen LogP contribution in [0.5, 0.6) is 5.75 Å². The van der Waals surface area contributed by atoms with Gasteiger partial charge in [0.05, 0.1) is 22.1 Å². The molecule has 0 fully saturated rings. The molecule has 0 radical (unpaired) electrons. The van der Waals surface area contributed by atoms with Gasteiger partial charge in [-0.15, -0.1) is 0 Å². The van der Waals surface area contributed by atoms with Gasteiger partial charge < -0.3 is 4.74 Å². The molecule has 0 heterocycles. The molecule has 0 aliphatic carbocycles. The molecule has 3 rings (SSSR count). The zero-order valence-electron chi connectivity index (χ0n) is 15.4. The molecule has 0 amide bonds. The molecule has 0 saturated heterocycles. The summed E-state index contributed by atoms with van der Waals surface area (Å²) >= 11 is 3.39. The van der Waals surface area contributed by atoms with Crippen LogP contribution < -0.4 is 10.2 Å². The summed E-state index contributed by atoms with van der Waals surface area (Å²) in [6.07, 6.45) is 1.46. The minimum absolute atomic E-state index is 0.0371. The Morgan fingerprint density at radius 2 is 1.73 bits per heavy atom. The summed E-state index contributed by atoms with van der Waals surface area (Å²) in [6.45, 7) is 0.361. The lowest BCUT2D eigenvalue weighted by molar-refractivity contribution is -0.393. The minimum atomic E-state index is -0.708. The van der Waals surface area contributed by atoms with Crippen LogP contribution in [0.3, 0.4) is 0 Å². The second-order valence-corrected chi connectivity index (χ2v) is 6.95. The number of rotatable bonds is 8. The molecule has 0 aliphatic heterocycles. The van der Waals surface area contributed by atoms with Crippen molar-refractivity contribution in [2.24, 2.45) is 5.10 Å². The first-order valence-corrected chi connectivity index (χ1v) is 9.41. The third-order valence-electron chi connectivity index (χ3n) is 4.00. The predicted octanol–water partition coefficient (Wildman–Crippen LogP) is 5.29. The first kappa shape index (κ1) is 20.9. The first-order chi connectivity index (χ1) is 14.4. The predicted molar refractivity (Wildman–Crippen MR) is 116 cm³/mol. The van der Waals surface area contributed by atoms with Crippen LogP contribution in [0.1, 0.15) is 11.1 Å². The third-order valence-corrected chi connectivity index (χ3v) is 4.53. The lowest BCUT2D eigenvalue weighted by Crippen LogP contribution is -2.00. The number of nitrogens with one attached hydrogen (secondary N) is 1. The van der Waals surface area contributed by atoms with Gasteiger partial charge in [0, 0.05) is 16.1 Å². The summed E-state index contributed by atoms with van der Waals surface area (Å²) in [7, 11) is 0. The largest absolute Gasteiger partial charge is 0.488 e. The number of hydrogen-bond acceptors (Lipinski definition) is 7. The highest BCUT2D eigenvalue weighted by atomic mass is 79.9. The van der Waals surface area contributed by atoms with Crippen LogP contribution in [-0.4, -0.2) is 16.1 Å². The average Bonchev–Trinajstić information content (AvgIpc) is 2.74. The molecular weight excluding hydrogens is 456 g/mol. The Morgan fingerprint density at radius 1 is 1.00 bits per heavy atom. The molecule has 9 nitrogen and oxygen atoms in total. The van der Waals surface area contributed by atoms with Crippen molar-refractivity contribution in [2.45, 2.75) is 6.61 Å². The van der Waals surface area contributed by atoms with Crippen molar-refractivity contribution in [2.75, 3.05) is 5.43 Å². The van der Waals surface area contributed by atoms with Gasteiger partial charge in [-0.1, -0.05) is 40.2 Å². The Morgan fingerprint density at radius 3 is 2.43 bits per heavy atom. The molecule has 10 heteroatoms. The van der Waals surface area contributed by atoms with Gasteiger partial charge >= 0.3 is 5.69 Å². The number of nitro groups is 2. The fourth-order valence-electron chi connectivity index (χ4n) is 2.51. The Hall–Kier alpha value is -3.79. The molecule has 0 spiro atoms.